The van der Waals surface area contributed by atoms with Gasteiger partial charge in [-0.25, -0.2) is 9.97 Å². The lowest BCUT2D eigenvalue weighted by Gasteiger charge is -2.59. The molecule has 4 aromatic carbocycles. The van der Waals surface area contributed by atoms with Gasteiger partial charge in [-0.1, -0.05) is 86.6 Å². The predicted molar refractivity (Wildman–Crippen MR) is 348 cm³/mol. The quantitative estimate of drug-likeness (QED) is 0.0621. The number of aryl methyl sites for hydroxylation is 4. The molecule has 0 aliphatic heterocycles. The first-order chi connectivity index (χ1) is 42.1. The average molecular weight is 1190 g/mol. The van der Waals surface area contributed by atoms with Crippen LogP contribution in [0.5, 0.6) is 11.5 Å². The van der Waals surface area contributed by atoms with Gasteiger partial charge in [0.25, 0.3) is 0 Å². The Morgan fingerprint density at radius 1 is 0.466 bits per heavy atom. The van der Waals surface area contributed by atoms with Gasteiger partial charge in [-0.3, -0.25) is 19.2 Å². The van der Waals surface area contributed by atoms with Gasteiger partial charge in [-0.15, -0.1) is 0 Å². The van der Waals surface area contributed by atoms with Crippen LogP contribution in [0.4, 0.5) is 0 Å². The predicted octanol–water partition coefficient (Wildman–Crippen LogP) is 15.4. The van der Waals surface area contributed by atoms with Crippen molar-refractivity contribution in [3.63, 3.8) is 0 Å². The number of hydrogen-bond acceptors (Lipinski definition) is 10. The maximum Gasteiger partial charge on any atom is 0.310 e. The van der Waals surface area contributed by atoms with Crippen molar-refractivity contribution in [1.82, 2.24) is 19.8 Å². The van der Waals surface area contributed by atoms with Gasteiger partial charge in [-0.05, 0) is 237 Å². The molecule has 8 aliphatic rings. The molecule has 88 heavy (non-hydrogen) atoms. The molecule has 464 valence electrons. The molecule has 8 bridgehead atoms. The summed E-state index contributed by atoms with van der Waals surface area (Å²) < 4.78 is 12.6. The number of nitrogens with zero attached hydrogens (tertiary/aromatic N) is 4. The third-order valence-corrected chi connectivity index (χ3v) is 21.4. The molecule has 0 unspecified atom stereocenters. The van der Waals surface area contributed by atoms with Crippen LogP contribution in [0.25, 0.3) is 44.8 Å². The molecule has 0 saturated heterocycles. The van der Waals surface area contributed by atoms with Crippen molar-refractivity contribution in [2.45, 2.75) is 119 Å². The summed E-state index contributed by atoms with van der Waals surface area (Å²) >= 11 is 0. The second-order valence-electron chi connectivity index (χ2n) is 28.6. The van der Waals surface area contributed by atoms with Crippen molar-refractivity contribution in [2.75, 3.05) is 54.5 Å². The van der Waals surface area contributed by atoms with E-state index < -0.39 is 22.8 Å². The number of carbonyl (C=O) groups excluding carboxylic acids is 2. The van der Waals surface area contributed by atoms with Gasteiger partial charge in [0.1, 0.15) is 22.9 Å². The Morgan fingerprint density at radius 2 is 0.807 bits per heavy atom. The molecule has 8 saturated carbocycles. The molecule has 12 nitrogen and oxygen atoms in total. The molecule has 0 amide bonds. The number of Topliss-reactive ketones (excluding diaryl/α,β-unsaturated/α-hetero) is 2. The number of benzene rings is 4. The summed E-state index contributed by atoms with van der Waals surface area (Å²) in [7, 11) is 8.26. The highest BCUT2D eigenvalue weighted by molar-refractivity contribution is 6.00. The molecule has 2 atom stereocenters. The van der Waals surface area contributed by atoms with Crippen LogP contribution in [-0.2, 0) is 9.59 Å². The van der Waals surface area contributed by atoms with Gasteiger partial charge in [-0.2, -0.15) is 0 Å². The van der Waals surface area contributed by atoms with Gasteiger partial charge >= 0.3 is 11.9 Å². The van der Waals surface area contributed by atoms with E-state index in [-0.39, 0.29) is 48.1 Å². The largest absolute Gasteiger partial charge is 0.493 e. The maximum absolute atomic E-state index is 14.1. The van der Waals surface area contributed by atoms with Crippen LogP contribution in [0, 0.1) is 97.7 Å². The second-order valence-corrected chi connectivity index (χ2v) is 28.6. The highest BCUT2D eigenvalue weighted by Crippen LogP contribution is 2.65. The number of rotatable bonds is 22. The van der Waals surface area contributed by atoms with E-state index in [9.17, 15) is 29.4 Å². The molecule has 2 heterocycles. The van der Waals surface area contributed by atoms with E-state index in [2.05, 4.69) is 90.0 Å². The van der Waals surface area contributed by atoms with Crippen LogP contribution in [0.2, 0.25) is 0 Å². The lowest BCUT2D eigenvalue weighted by Crippen LogP contribution is -2.57. The number of aromatic nitrogens is 2. The highest BCUT2D eigenvalue weighted by Gasteiger charge is 2.63. The zero-order chi connectivity index (χ0) is 62.3. The Bertz CT molecular complexity index is 3300. The Labute approximate surface area is 521 Å². The molecule has 8 fully saturated rings. The number of pyridine rings is 2. The Morgan fingerprint density at radius 3 is 1.12 bits per heavy atom. The van der Waals surface area contributed by atoms with E-state index in [1.165, 1.54) is 12.8 Å². The molecular formula is C76H92N4O8. The normalized spacial score (nSPS) is 26.1. The lowest BCUT2D eigenvalue weighted by atomic mass is 9.44. The minimum Gasteiger partial charge on any atom is -0.493 e. The summed E-state index contributed by atoms with van der Waals surface area (Å²) in [5.74, 6) is 3.25. The topological polar surface area (TPSA) is 159 Å². The molecule has 6 aromatic rings. The van der Waals surface area contributed by atoms with Crippen molar-refractivity contribution in [1.29, 1.82) is 0 Å². The Hall–Kier alpha value is -7.02. The van der Waals surface area contributed by atoms with Crippen LogP contribution in [-0.4, -0.2) is 108 Å². The molecule has 2 aromatic heterocycles. The van der Waals surface area contributed by atoms with E-state index in [0.717, 1.165) is 132 Å². The monoisotopic (exact) mass is 1190 g/mol. The summed E-state index contributed by atoms with van der Waals surface area (Å²) in [5.41, 5.74) is 10.2. The first kappa shape index (κ1) is 62.6. The molecule has 12 heteroatoms. The first-order valence-electron chi connectivity index (χ1n) is 32.5. The third kappa shape index (κ3) is 12.6. The van der Waals surface area contributed by atoms with E-state index in [0.29, 0.717) is 71.5 Å². The summed E-state index contributed by atoms with van der Waals surface area (Å²) in [6.07, 6.45) is 10.1. The Kier molecular flexibility index (Phi) is 18.4. The van der Waals surface area contributed by atoms with Gasteiger partial charge in [0.2, 0.25) is 0 Å². The van der Waals surface area contributed by atoms with Gasteiger partial charge < -0.3 is 29.5 Å². The van der Waals surface area contributed by atoms with Gasteiger partial charge in [0.15, 0.2) is 11.6 Å². The van der Waals surface area contributed by atoms with E-state index in [1.807, 2.05) is 86.6 Å². The first-order valence-corrected chi connectivity index (χ1v) is 32.5. The molecule has 14 rings (SSSR count). The summed E-state index contributed by atoms with van der Waals surface area (Å²) in [6.45, 7) is 15.7. The average Bonchev–Trinajstić information content (AvgIpc) is 0.738. The van der Waals surface area contributed by atoms with E-state index in [4.69, 9.17) is 19.4 Å². The molecule has 2 N–H and O–H groups in total. The number of ether oxygens (including phenoxy) is 2. The fourth-order valence-corrected chi connectivity index (χ4v) is 17.7. The highest BCUT2D eigenvalue weighted by atomic mass is 16.5. The van der Waals surface area contributed by atoms with Crippen molar-refractivity contribution < 1.29 is 38.9 Å². The zero-order valence-electron chi connectivity index (χ0n) is 53.6. The minimum atomic E-state index is -0.977. The SMILES string of the molecule is Cc1ccc(-c2nc(C(=O)CC3(C(=O)O)C4CC5CC(C4)CC3C5)ccc2-c2ccccc2C)cc1OC[C@@H](C)CN(C)C.Cc1ccc(-c2nc(C(=O)CC3(C(=O)O)C4CC5CC(C4)CC3C5)ccc2-c2ccccc2C)cc1OC[C@H](C)CN(C)C. The number of hydrogen-bond donors (Lipinski definition) is 2. The van der Waals surface area contributed by atoms with Crippen LogP contribution < -0.4 is 9.47 Å². The van der Waals surface area contributed by atoms with Crippen molar-refractivity contribution in [3.05, 3.63) is 143 Å². The number of carbonyl (C=O) groups is 4. The van der Waals surface area contributed by atoms with E-state index >= 15 is 0 Å². The lowest BCUT2D eigenvalue weighted by molar-refractivity contribution is -0.177. The number of carboxylic acids is 2. The number of ketones is 2. The van der Waals surface area contributed by atoms with Gasteiger partial charge in [0, 0.05) is 60.0 Å². The Balaban J connectivity index is 0.000000182. The second kappa shape index (κ2) is 25.8. The van der Waals surface area contributed by atoms with E-state index in [1.54, 1.807) is 12.1 Å². The third-order valence-electron chi connectivity index (χ3n) is 21.4. The molecular weight excluding hydrogens is 1100 g/mol. The van der Waals surface area contributed by atoms with Crippen LogP contribution >= 0.6 is 0 Å². The minimum absolute atomic E-state index is 0.0271. The zero-order valence-corrected chi connectivity index (χ0v) is 53.6. The molecule has 0 spiro atoms. The van der Waals surface area contributed by atoms with Crippen molar-refractivity contribution in [3.8, 4) is 56.3 Å². The fraction of sp³-hybridized carbons (Fsp3) is 0.500. The summed E-state index contributed by atoms with van der Waals surface area (Å²) in [5, 5.41) is 21.3. The molecule has 8 aliphatic carbocycles. The molecule has 0 radical (unpaired) electrons. The van der Waals surface area contributed by atoms with Gasteiger partial charge in [0.05, 0.1) is 35.4 Å². The standard InChI is InChI=1S/2C38H46N2O4/c2*1-23(21-40(4)5)22-44-35-19-28(11-10-25(35)3)36-32(31-9-7-6-8-24(31)2)12-13-33(39-36)34(41)20-38(37(42)43)29-15-26-14-27(17-29)18-30(38)16-26/h2*6-13,19,23,26-27,29-30H,14-18,20-22H2,1-5H3,(H,42,43)/t2*23-,26?,27?,29?,30?,38?/m10/s1. The van der Waals surface area contributed by atoms with Crippen molar-refractivity contribution >= 4 is 23.5 Å². The number of carboxylic acid groups (broad SMARTS) is 2. The summed E-state index contributed by atoms with van der Waals surface area (Å²) in [6, 6.07) is 36.2. The fourth-order valence-electron chi connectivity index (χ4n) is 17.7. The van der Waals surface area contributed by atoms with Crippen LogP contribution in [0.1, 0.15) is 134 Å². The van der Waals surface area contributed by atoms with Crippen LogP contribution in [0.15, 0.2) is 109 Å². The summed E-state index contributed by atoms with van der Waals surface area (Å²) in [4.78, 5) is 68.5. The maximum atomic E-state index is 14.1. The smallest absolute Gasteiger partial charge is 0.310 e. The van der Waals surface area contributed by atoms with Crippen molar-refractivity contribution in [2.24, 2.45) is 70.0 Å². The number of aliphatic carboxylic acids is 2. The van der Waals surface area contributed by atoms with Crippen LogP contribution in [0.3, 0.4) is 0 Å².